The van der Waals surface area contributed by atoms with Gasteiger partial charge in [0.05, 0.1) is 17.2 Å². The van der Waals surface area contributed by atoms with Crippen LogP contribution in [0, 0.1) is 0 Å². The normalized spacial score (nSPS) is 11.9. The van der Waals surface area contributed by atoms with Crippen molar-refractivity contribution in [2.24, 2.45) is 0 Å². The predicted octanol–water partition coefficient (Wildman–Crippen LogP) is 2.46. The highest BCUT2D eigenvalue weighted by molar-refractivity contribution is 5.75. The third-order valence-electron chi connectivity index (χ3n) is 1.61. The summed E-state index contributed by atoms with van der Waals surface area (Å²) in [5.74, 6) is -0.326. The van der Waals surface area contributed by atoms with Crippen molar-refractivity contribution in [3.63, 3.8) is 0 Å². The molecular weight excluding hydrogens is 197 g/mol. The topological polar surface area (TPSA) is 37.9 Å². The molecule has 2 heterocycles. The molecule has 74 valence electrons. The van der Waals surface area contributed by atoms with E-state index in [1.54, 1.807) is 12.3 Å². The fraction of sp³-hybridized carbons (Fsp3) is 0.125. The molecule has 0 saturated carbocycles. The average Bonchev–Trinajstić information content (AvgIpc) is 2.47. The summed E-state index contributed by atoms with van der Waals surface area (Å²) in [5.41, 5.74) is 1.10. The van der Waals surface area contributed by atoms with Gasteiger partial charge in [-0.25, -0.2) is 0 Å². The molecule has 0 spiro atoms. The number of hydrogen-bond acceptors (Lipinski definition) is 2. The minimum absolute atomic E-state index is 0.326. The molecule has 2 rings (SSSR count). The maximum atomic E-state index is 11.8. The van der Waals surface area contributed by atoms with Crippen LogP contribution in [0.15, 0.2) is 24.5 Å². The number of ether oxygens (including phenoxy) is 1. The van der Waals surface area contributed by atoms with E-state index in [9.17, 15) is 13.2 Å². The molecule has 2 aromatic rings. The lowest BCUT2D eigenvalue weighted by Gasteiger charge is -2.07. The monoisotopic (exact) mass is 202 g/mol. The van der Waals surface area contributed by atoms with Crippen molar-refractivity contribution in [3.05, 3.63) is 24.5 Å². The Kier molecular flexibility index (Phi) is 1.83. The SMILES string of the molecule is FC(F)(F)Oc1cnc2cc[nH]c2c1. The van der Waals surface area contributed by atoms with Crippen molar-refractivity contribution in [1.82, 2.24) is 9.97 Å². The number of aromatic amines is 1. The van der Waals surface area contributed by atoms with E-state index < -0.39 is 6.36 Å². The zero-order chi connectivity index (χ0) is 10.2. The van der Waals surface area contributed by atoms with Gasteiger partial charge in [0.1, 0.15) is 5.75 Å². The summed E-state index contributed by atoms with van der Waals surface area (Å²) in [6.07, 6.45) is -2.05. The number of H-pyrrole nitrogens is 1. The summed E-state index contributed by atoms with van der Waals surface area (Å²) < 4.78 is 39.1. The Balaban J connectivity index is 2.35. The highest BCUT2D eigenvalue weighted by Gasteiger charge is 2.31. The van der Waals surface area contributed by atoms with Crippen LogP contribution >= 0.6 is 0 Å². The third-order valence-corrected chi connectivity index (χ3v) is 1.61. The van der Waals surface area contributed by atoms with Crippen LogP contribution < -0.4 is 4.74 Å². The zero-order valence-electron chi connectivity index (χ0n) is 6.80. The molecule has 0 saturated heterocycles. The van der Waals surface area contributed by atoms with E-state index in [1.165, 1.54) is 6.07 Å². The van der Waals surface area contributed by atoms with Crippen LogP contribution in [0.1, 0.15) is 0 Å². The van der Waals surface area contributed by atoms with Crippen LogP contribution in [0.5, 0.6) is 5.75 Å². The van der Waals surface area contributed by atoms with Gasteiger partial charge in [0.15, 0.2) is 0 Å². The van der Waals surface area contributed by atoms with Gasteiger partial charge in [-0.2, -0.15) is 0 Å². The summed E-state index contributed by atoms with van der Waals surface area (Å²) in [7, 11) is 0. The summed E-state index contributed by atoms with van der Waals surface area (Å²) in [6.45, 7) is 0. The highest BCUT2D eigenvalue weighted by Crippen LogP contribution is 2.24. The Morgan fingerprint density at radius 1 is 1.36 bits per heavy atom. The lowest BCUT2D eigenvalue weighted by Crippen LogP contribution is -2.17. The van der Waals surface area contributed by atoms with E-state index in [2.05, 4.69) is 14.7 Å². The maximum absolute atomic E-state index is 11.8. The quantitative estimate of drug-likeness (QED) is 0.771. The standard InChI is InChI=1S/C8H5F3N2O/c9-8(10,11)14-5-3-7-6(13-4-5)1-2-12-7/h1-4,12H. The molecular formula is C8H5F3N2O. The summed E-state index contributed by atoms with van der Waals surface area (Å²) >= 11 is 0. The molecule has 0 aromatic carbocycles. The van der Waals surface area contributed by atoms with E-state index in [1.807, 2.05) is 0 Å². The van der Waals surface area contributed by atoms with Crippen LogP contribution in [-0.4, -0.2) is 16.3 Å². The number of nitrogens with zero attached hydrogens (tertiary/aromatic N) is 1. The summed E-state index contributed by atoms with van der Waals surface area (Å²) in [5, 5.41) is 0. The Labute approximate surface area is 76.5 Å². The molecule has 14 heavy (non-hydrogen) atoms. The number of halogens is 3. The molecule has 0 unspecified atom stereocenters. The molecule has 2 aromatic heterocycles. The van der Waals surface area contributed by atoms with Gasteiger partial charge < -0.3 is 9.72 Å². The minimum Gasteiger partial charge on any atom is -0.404 e. The Morgan fingerprint density at radius 3 is 2.86 bits per heavy atom. The van der Waals surface area contributed by atoms with Gasteiger partial charge in [0.25, 0.3) is 0 Å². The van der Waals surface area contributed by atoms with Crippen LogP contribution in [0.2, 0.25) is 0 Å². The summed E-state index contributed by atoms with van der Waals surface area (Å²) in [6, 6.07) is 2.91. The molecule has 0 aliphatic carbocycles. The van der Waals surface area contributed by atoms with Crippen LogP contribution in [0.25, 0.3) is 11.0 Å². The number of alkyl halides is 3. The van der Waals surface area contributed by atoms with Crippen molar-refractivity contribution in [2.45, 2.75) is 6.36 Å². The van der Waals surface area contributed by atoms with Gasteiger partial charge in [0, 0.05) is 12.3 Å². The second-order valence-electron chi connectivity index (χ2n) is 2.63. The number of aromatic nitrogens is 2. The van der Waals surface area contributed by atoms with E-state index in [-0.39, 0.29) is 5.75 Å². The second-order valence-corrected chi connectivity index (χ2v) is 2.63. The first-order valence-electron chi connectivity index (χ1n) is 3.73. The third kappa shape index (κ3) is 1.78. The van der Waals surface area contributed by atoms with Gasteiger partial charge in [0.2, 0.25) is 0 Å². The largest absolute Gasteiger partial charge is 0.573 e. The van der Waals surface area contributed by atoms with Crippen molar-refractivity contribution in [3.8, 4) is 5.75 Å². The second kappa shape index (κ2) is 2.90. The van der Waals surface area contributed by atoms with Gasteiger partial charge in [-0.3, -0.25) is 4.98 Å². The fourth-order valence-corrected chi connectivity index (χ4v) is 1.10. The molecule has 0 aliphatic heterocycles. The Hall–Kier alpha value is -1.72. The Morgan fingerprint density at radius 2 is 2.14 bits per heavy atom. The van der Waals surface area contributed by atoms with Gasteiger partial charge >= 0.3 is 6.36 Å². The van der Waals surface area contributed by atoms with Crippen molar-refractivity contribution in [2.75, 3.05) is 0 Å². The molecule has 6 heteroatoms. The first-order chi connectivity index (χ1) is 6.54. The van der Waals surface area contributed by atoms with Crippen molar-refractivity contribution < 1.29 is 17.9 Å². The smallest absolute Gasteiger partial charge is 0.404 e. The number of hydrogen-bond donors (Lipinski definition) is 1. The number of pyridine rings is 1. The van der Waals surface area contributed by atoms with Gasteiger partial charge in [-0.15, -0.1) is 13.2 Å². The molecule has 0 atom stereocenters. The zero-order valence-corrected chi connectivity index (χ0v) is 6.80. The molecule has 0 aliphatic rings. The molecule has 0 radical (unpaired) electrons. The first-order valence-corrected chi connectivity index (χ1v) is 3.73. The first kappa shape index (κ1) is 8.86. The lowest BCUT2D eigenvalue weighted by molar-refractivity contribution is -0.274. The molecule has 1 N–H and O–H groups in total. The average molecular weight is 202 g/mol. The molecule has 0 bridgehead atoms. The summed E-state index contributed by atoms with van der Waals surface area (Å²) in [4.78, 5) is 6.50. The van der Waals surface area contributed by atoms with Crippen molar-refractivity contribution in [1.29, 1.82) is 0 Å². The number of nitrogens with one attached hydrogen (secondary N) is 1. The molecule has 0 amide bonds. The van der Waals surface area contributed by atoms with Crippen LogP contribution in [0.4, 0.5) is 13.2 Å². The predicted molar refractivity (Wildman–Crippen MR) is 42.8 cm³/mol. The van der Waals surface area contributed by atoms with Gasteiger partial charge in [-0.1, -0.05) is 0 Å². The fourth-order valence-electron chi connectivity index (χ4n) is 1.10. The molecule has 3 nitrogen and oxygen atoms in total. The minimum atomic E-state index is -4.68. The van der Waals surface area contributed by atoms with E-state index in [4.69, 9.17) is 0 Å². The molecule has 0 fully saturated rings. The number of fused-ring (bicyclic) bond motifs is 1. The van der Waals surface area contributed by atoms with E-state index >= 15 is 0 Å². The van der Waals surface area contributed by atoms with Crippen molar-refractivity contribution >= 4 is 11.0 Å². The van der Waals surface area contributed by atoms with Crippen LogP contribution in [-0.2, 0) is 0 Å². The maximum Gasteiger partial charge on any atom is 0.573 e. The lowest BCUT2D eigenvalue weighted by atomic mass is 10.4. The van der Waals surface area contributed by atoms with E-state index in [0.29, 0.717) is 11.0 Å². The Bertz CT molecular complexity index is 449. The van der Waals surface area contributed by atoms with E-state index in [0.717, 1.165) is 6.20 Å². The highest BCUT2D eigenvalue weighted by atomic mass is 19.4. The van der Waals surface area contributed by atoms with Crippen LogP contribution in [0.3, 0.4) is 0 Å². The number of rotatable bonds is 1. The van der Waals surface area contributed by atoms with Gasteiger partial charge in [-0.05, 0) is 6.07 Å².